The van der Waals surface area contributed by atoms with Gasteiger partial charge in [-0.15, -0.1) is 0 Å². The summed E-state index contributed by atoms with van der Waals surface area (Å²) < 4.78 is 19.4. The third-order valence-corrected chi connectivity index (χ3v) is 5.00. The topological polar surface area (TPSA) is 90.5 Å². The van der Waals surface area contributed by atoms with E-state index >= 15 is 0 Å². The molecular formula is C20H14FN5O. The number of aryl methyl sites for hydroxylation is 1. The van der Waals surface area contributed by atoms with Crippen molar-refractivity contribution in [2.45, 2.75) is 18.9 Å². The van der Waals surface area contributed by atoms with Crippen LogP contribution in [0.5, 0.6) is 0 Å². The lowest BCUT2D eigenvalue weighted by atomic mass is 10.0. The van der Waals surface area contributed by atoms with Gasteiger partial charge < -0.3 is 9.73 Å². The maximum Gasteiger partial charge on any atom is 0.181 e. The first-order chi connectivity index (χ1) is 13.2. The first kappa shape index (κ1) is 15.6. The van der Waals surface area contributed by atoms with Crippen LogP contribution >= 0.6 is 0 Å². The van der Waals surface area contributed by atoms with E-state index in [0.29, 0.717) is 11.5 Å². The number of rotatable bonds is 3. The highest BCUT2D eigenvalue weighted by Crippen LogP contribution is 2.36. The van der Waals surface area contributed by atoms with Gasteiger partial charge in [0.25, 0.3) is 0 Å². The van der Waals surface area contributed by atoms with Gasteiger partial charge in [0.05, 0.1) is 23.3 Å². The number of fused-ring (bicyclic) bond motifs is 2. The molecule has 6 nitrogen and oxygen atoms in total. The summed E-state index contributed by atoms with van der Waals surface area (Å²) in [5.74, 6) is 0.124. The summed E-state index contributed by atoms with van der Waals surface area (Å²) in [6, 6.07) is 10.9. The minimum absolute atomic E-state index is 0.000299. The molecule has 0 aliphatic heterocycles. The van der Waals surface area contributed by atoms with Crippen molar-refractivity contribution < 1.29 is 8.81 Å². The van der Waals surface area contributed by atoms with Crippen molar-refractivity contribution in [3.05, 3.63) is 65.4 Å². The van der Waals surface area contributed by atoms with Gasteiger partial charge in [-0.3, -0.25) is 5.10 Å². The van der Waals surface area contributed by atoms with Gasteiger partial charge in [-0.25, -0.2) is 9.37 Å². The molecule has 27 heavy (non-hydrogen) atoms. The molecule has 0 bridgehead atoms. The second-order valence-corrected chi connectivity index (χ2v) is 6.58. The molecule has 1 atom stereocenters. The number of benzene rings is 2. The van der Waals surface area contributed by atoms with E-state index in [4.69, 9.17) is 9.68 Å². The first-order valence-corrected chi connectivity index (χ1v) is 8.59. The number of anilines is 1. The molecule has 132 valence electrons. The van der Waals surface area contributed by atoms with Crippen LogP contribution in [0, 0.1) is 17.1 Å². The molecule has 0 fully saturated rings. The van der Waals surface area contributed by atoms with E-state index in [9.17, 15) is 4.39 Å². The van der Waals surface area contributed by atoms with Crippen molar-refractivity contribution in [2.75, 3.05) is 5.32 Å². The molecule has 0 saturated carbocycles. The number of aromatic amines is 1. The Morgan fingerprint density at radius 2 is 2.22 bits per heavy atom. The molecule has 0 radical (unpaired) electrons. The lowest BCUT2D eigenvalue weighted by molar-refractivity contribution is 0.570. The Labute approximate surface area is 153 Å². The van der Waals surface area contributed by atoms with Gasteiger partial charge in [-0.2, -0.15) is 10.4 Å². The Morgan fingerprint density at radius 3 is 3.04 bits per heavy atom. The molecule has 1 aliphatic rings. The number of nitrogens with zero attached hydrogens (tertiary/aromatic N) is 3. The molecule has 5 rings (SSSR count). The molecule has 0 amide bonds. The number of H-pyrrole nitrogens is 1. The Bertz CT molecular complexity index is 1190. The highest BCUT2D eigenvalue weighted by molar-refractivity contribution is 5.93. The maximum absolute atomic E-state index is 14.1. The maximum atomic E-state index is 14.1. The normalized spacial score (nSPS) is 15.6. The van der Waals surface area contributed by atoms with Gasteiger partial charge in [0, 0.05) is 11.1 Å². The van der Waals surface area contributed by atoms with E-state index in [-0.39, 0.29) is 11.6 Å². The molecule has 7 heteroatoms. The van der Waals surface area contributed by atoms with Gasteiger partial charge in [0.1, 0.15) is 17.6 Å². The Balaban J connectivity index is 1.49. The number of nitriles is 1. The standard InChI is InChI=1S/C20H14FN5O/c21-16-7-14-11(5-12(16)8-22)1-3-17(14)24-13-2-4-18-15(6-13)20(26-25-18)19-9-23-10-27-19/h2,4-7,9-10,17,24H,1,3H2,(H,25,26)/t17-/m1/s1. The van der Waals surface area contributed by atoms with Crippen molar-refractivity contribution in [1.82, 2.24) is 15.2 Å². The van der Waals surface area contributed by atoms with Gasteiger partial charge in [-0.1, -0.05) is 0 Å². The number of oxazole rings is 1. The molecule has 2 heterocycles. The summed E-state index contributed by atoms with van der Waals surface area (Å²) >= 11 is 0. The average molecular weight is 359 g/mol. The molecule has 2 aromatic heterocycles. The molecular weight excluding hydrogens is 345 g/mol. The molecule has 2 aromatic carbocycles. The van der Waals surface area contributed by atoms with Crippen molar-refractivity contribution in [2.24, 2.45) is 0 Å². The zero-order valence-corrected chi connectivity index (χ0v) is 14.2. The molecule has 1 aliphatic carbocycles. The zero-order chi connectivity index (χ0) is 18.4. The lowest BCUT2D eigenvalue weighted by Gasteiger charge is -2.16. The minimum atomic E-state index is -0.470. The van der Waals surface area contributed by atoms with E-state index in [2.05, 4.69) is 20.5 Å². The van der Waals surface area contributed by atoms with E-state index in [1.165, 1.54) is 12.5 Å². The van der Waals surface area contributed by atoms with Crippen LogP contribution < -0.4 is 5.32 Å². The fraction of sp³-hybridized carbons (Fsp3) is 0.150. The highest BCUT2D eigenvalue weighted by Gasteiger charge is 2.24. The van der Waals surface area contributed by atoms with Crippen molar-refractivity contribution in [1.29, 1.82) is 5.26 Å². The second-order valence-electron chi connectivity index (χ2n) is 6.58. The number of hydrogen-bond donors (Lipinski definition) is 2. The fourth-order valence-corrected chi connectivity index (χ4v) is 3.69. The largest absolute Gasteiger partial charge is 0.442 e. The number of aromatic nitrogens is 3. The quantitative estimate of drug-likeness (QED) is 0.568. The second kappa shape index (κ2) is 5.95. The van der Waals surface area contributed by atoms with E-state index in [1.54, 1.807) is 12.3 Å². The zero-order valence-electron chi connectivity index (χ0n) is 14.2. The summed E-state index contributed by atoms with van der Waals surface area (Å²) in [6.45, 7) is 0. The summed E-state index contributed by atoms with van der Waals surface area (Å²) in [7, 11) is 0. The van der Waals surface area contributed by atoms with Crippen molar-refractivity contribution >= 4 is 16.6 Å². The molecule has 0 saturated heterocycles. The van der Waals surface area contributed by atoms with Gasteiger partial charge >= 0.3 is 0 Å². The van der Waals surface area contributed by atoms with Crippen LogP contribution in [0.1, 0.15) is 29.2 Å². The van der Waals surface area contributed by atoms with Crippen LogP contribution in [0.2, 0.25) is 0 Å². The van der Waals surface area contributed by atoms with Crippen LogP contribution in [0.15, 0.2) is 47.3 Å². The first-order valence-electron chi connectivity index (χ1n) is 8.59. The third kappa shape index (κ3) is 2.54. The van der Waals surface area contributed by atoms with Crippen molar-refractivity contribution in [3.63, 3.8) is 0 Å². The molecule has 0 unspecified atom stereocenters. The number of halogens is 1. The third-order valence-electron chi connectivity index (χ3n) is 5.00. The van der Waals surface area contributed by atoms with Crippen LogP contribution in [0.4, 0.5) is 10.1 Å². The Kier molecular flexibility index (Phi) is 3.44. The van der Waals surface area contributed by atoms with E-state index < -0.39 is 5.82 Å². The predicted octanol–water partition coefficient (Wildman–Crippen LogP) is 4.33. The van der Waals surface area contributed by atoms with E-state index in [0.717, 1.165) is 40.6 Å². The number of nitrogens with one attached hydrogen (secondary N) is 2. The Hall–Kier alpha value is -3.66. The Morgan fingerprint density at radius 1 is 1.30 bits per heavy atom. The highest BCUT2D eigenvalue weighted by atomic mass is 19.1. The summed E-state index contributed by atoms with van der Waals surface area (Å²) in [4.78, 5) is 3.94. The molecule has 2 N–H and O–H groups in total. The van der Waals surface area contributed by atoms with E-state index in [1.807, 2.05) is 24.3 Å². The lowest BCUT2D eigenvalue weighted by Crippen LogP contribution is -2.07. The van der Waals surface area contributed by atoms with Gasteiger partial charge in [0.15, 0.2) is 12.2 Å². The monoisotopic (exact) mass is 359 g/mol. The summed E-state index contributed by atoms with van der Waals surface area (Å²) in [5.41, 5.74) is 4.54. The number of hydrogen-bond acceptors (Lipinski definition) is 5. The van der Waals surface area contributed by atoms with Gasteiger partial charge in [0.2, 0.25) is 0 Å². The predicted molar refractivity (Wildman–Crippen MR) is 97.4 cm³/mol. The van der Waals surface area contributed by atoms with Gasteiger partial charge in [-0.05, 0) is 54.3 Å². The van der Waals surface area contributed by atoms with Crippen LogP contribution in [0.3, 0.4) is 0 Å². The van der Waals surface area contributed by atoms with Crippen LogP contribution in [0.25, 0.3) is 22.4 Å². The summed E-state index contributed by atoms with van der Waals surface area (Å²) in [5, 5.41) is 20.7. The average Bonchev–Trinajstić information content (AvgIpc) is 3.41. The van der Waals surface area contributed by atoms with Crippen LogP contribution in [-0.2, 0) is 6.42 Å². The molecule has 4 aromatic rings. The minimum Gasteiger partial charge on any atom is -0.442 e. The summed E-state index contributed by atoms with van der Waals surface area (Å²) in [6.07, 6.45) is 4.66. The SMILES string of the molecule is N#Cc1cc2c(cc1F)[C@H](Nc1ccc3[nH]nc(-c4cnco4)c3c1)CC2. The molecule has 0 spiro atoms. The fourth-order valence-electron chi connectivity index (χ4n) is 3.69. The van der Waals surface area contributed by atoms with Crippen LogP contribution in [-0.4, -0.2) is 15.2 Å². The smallest absolute Gasteiger partial charge is 0.181 e. The van der Waals surface area contributed by atoms with Crippen molar-refractivity contribution in [3.8, 4) is 17.5 Å².